The summed E-state index contributed by atoms with van der Waals surface area (Å²) in [7, 11) is 1.58. The molecule has 1 saturated carbocycles. The lowest BCUT2D eigenvalue weighted by Gasteiger charge is -2.45. The topological polar surface area (TPSA) is 29.3 Å². The Bertz CT molecular complexity index is 283. The average molecular weight is 280 g/mol. The Morgan fingerprint density at radius 1 is 1.16 bits per heavy atom. The summed E-state index contributed by atoms with van der Waals surface area (Å²) in [5.74, 6) is 0.655. The first-order valence-electron chi connectivity index (χ1n) is 7.01. The van der Waals surface area contributed by atoms with E-state index in [1.165, 1.54) is 4.90 Å². The Kier molecular flexibility index (Phi) is 5.29. The molecule has 1 aliphatic carbocycles. The lowest BCUT2D eigenvalue weighted by atomic mass is 9.67. The summed E-state index contributed by atoms with van der Waals surface area (Å²) in [6, 6.07) is -0.0513. The van der Waals surface area contributed by atoms with Crippen molar-refractivity contribution in [2.75, 3.05) is 20.1 Å². The van der Waals surface area contributed by atoms with Crippen LogP contribution in [0.25, 0.3) is 0 Å². The summed E-state index contributed by atoms with van der Waals surface area (Å²) >= 11 is 0. The molecule has 1 fully saturated rings. The van der Waals surface area contributed by atoms with Gasteiger partial charge in [0.25, 0.3) is 0 Å². The molecule has 0 bridgehead atoms. The molecule has 0 aromatic carbocycles. The Balaban J connectivity index is 2.75. The van der Waals surface area contributed by atoms with Gasteiger partial charge in [-0.05, 0) is 50.1 Å². The van der Waals surface area contributed by atoms with Crippen LogP contribution in [0, 0.1) is 17.3 Å². The quantitative estimate of drug-likeness (QED) is 0.859. The van der Waals surface area contributed by atoms with Gasteiger partial charge in [-0.15, -0.1) is 0 Å². The van der Waals surface area contributed by atoms with Crippen molar-refractivity contribution in [1.82, 2.24) is 4.90 Å². The third-order valence-corrected chi connectivity index (χ3v) is 4.48. The first-order valence-corrected chi connectivity index (χ1v) is 7.01. The summed E-state index contributed by atoms with van der Waals surface area (Å²) in [6.07, 6.45) is -1.31. The first-order chi connectivity index (χ1) is 8.54. The molecule has 0 aromatic rings. The molecule has 2 N–H and O–H groups in total. The van der Waals surface area contributed by atoms with Gasteiger partial charge in [0.05, 0.1) is 6.54 Å². The molecule has 0 aliphatic heterocycles. The molecule has 1 aliphatic rings. The number of nitrogens with two attached hydrogens (primary N) is 1. The minimum atomic E-state index is -4.14. The highest BCUT2D eigenvalue weighted by atomic mass is 19.4. The van der Waals surface area contributed by atoms with Gasteiger partial charge in [-0.3, -0.25) is 4.90 Å². The molecule has 1 rings (SSSR count). The second-order valence-electron chi connectivity index (χ2n) is 6.97. The maximum Gasteiger partial charge on any atom is 0.401 e. The van der Waals surface area contributed by atoms with E-state index < -0.39 is 12.7 Å². The number of nitrogens with zero attached hydrogens (tertiary/aromatic N) is 1. The van der Waals surface area contributed by atoms with Gasteiger partial charge < -0.3 is 5.73 Å². The lowest BCUT2D eigenvalue weighted by molar-refractivity contribution is -0.152. The summed E-state index contributed by atoms with van der Waals surface area (Å²) in [5.41, 5.74) is 5.89. The van der Waals surface area contributed by atoms with E-state index in [-0.39, 0.29) is 17.4 Å². The molecule has 2 nitrogen and oxygen atoms in total. The lowest BCUT2D eigenvalue weighted by Crippen LogP contribution is -2.49. The van der Waals surface area contributed by atoms with E-state index in [0.29, 0.717) is 12.5 Å². The Labute approximate surface area is 114 Å². The minimum absolute atomic E-state index is 0.0513. The monoisotopic (exact) mass is 280 g/mol. The zero-order valence-electron chi connectivity index (χ0n) is 12.4. The van der Waals surface area contributed by atoms with Crippen molar-refractivity contribution in [2.45, 2.75) is 52.3 Å². The fraction of sp³-hybridized carbons (Fsp3) is 1.00. The molecule has 19 heavy (non-hydrogen) atoms. The SMILES string of the molecule is CN(CC(F)(F)F)C1CC(C(C)(C)C)CCC1CN. The molecule has 3 atom stereocenters. The van der Waals surface area contributed by atoms with E-state index in [2.05, 4.69) is 20.8 Å². The molecular formula is C14H27F3N2. The molecule has 0 spiro atoms. The molecule has 0 radical (unpaired) electrons. The fourth-order valence-corrected chi connectivity index (χ4v) is 3.21. The molecule has 0 saturated heterocycles. The molecule has 0 heterocycles. The van der Waals surface area contributed by atoms with Crippen molar-refractivity contribution in [3.05, 3.63) is 0 Å². The summed E-state index contributed by atoms with van der Waals surface area (Å²) in [5, 5.41) is 0. The van der Waals surface area contributed by atoms with Crippen LogP contribution in [0.1, 0.15) is 40.0 Å². The van der Waals surface area contributed by atoms with Crippen LogP contribution in [0.5, 0.6) is 0 Å². The highest BCUT2D eigenvalue weighted by Crippen LogP contribution is 2.41. The van der Waals surface area contributed by atoms with Crippen LogP contribution in [0.2, 0.25) is 0 Å². The number of hydrogen-bond acceptors (Lipinski definition) is 2. The van der Waals surface area contributed by atoms with Crippen LogP contribution < -0.4 is 5.73 Å². The molecule has 5 heteroatoms. The third-order valence-electron chi connectivity index (χ3n) is 4.48. The zero-order chi connectivity index (χ0) is 14.8. The number of hydrogen-bond donors (Lipinski definition) is 1. The van der Waals surface area contributed by atoms with Gasteiger partial charge >= 0.3 is 6.18 Å². The van der Waals surface area contributed by atoms with Crippen LogP contribution in [-0.2, 0) is 0 Å². The van der Waals surface area contributed by atoms with Gasteiger partial charge in [-0.1, -0.05) is 20.8 Å². The van der Waals surface area contributed by atoms with Crippen LogP contribution in [0.15, 0.2) is 0 Å². The van der Waals surface area contributed by atoms with Crippen LogP contribution in [0.3, 0.4) is 0 Å². The summed E-state index contributed by atoms with van der Waals surface area (Å²) in [6.45, 7) is 6.14. The third kappa shape index (κ3) is 4.95. The van der Waals surface area contributed by atoms with Crippen molar-refractivity contribution >= 4 is 0 Å². The van der Waals surface area contributed by atoms with Crippen molar-refractivity contribution in [3.8, 4) is 0 Å². The molecule has 0 aromatic heterocycles. The summed E-state index contributed by atoms with van der Waals surface area (Å²) in [4.78, 5) is 1.45. The number of alkyl halides is 3. The van der Waals surface area contributed by atoms with E-state index in [1.807, 2.05) is 0 Å². The summed E-state index contributed by atoms with van der Waals surface area (Å²) < 4.78 is 37.7. The smallest absolute Gasteiger partial charge is 0.330 e. The standard InChI is InChI=1S/C14H27F3N2/c1-13(2,3)11-6-5-10(8-18)12(7-11)19(4)9-14(15,16)17/h10-12H,5-9,18H2,1-4H3. The van der Waals surface area contributed by atoms with Gasteiger partial charge in [0.15, 0.2) is 0 Å². The normalized spacial score (nSPS) is 29.8. The zero-order valence-corrected chi connectivity index (χ0v) is 12.4. The molecule has 0 amide bonds. The maximum atomic E-state index is 12.6. The van der Waals surface area contributed by atoms with Crippen LogP contribution >= 0.6 is 0 Å². The Morgan fingerprint density at radius 2 is 1.74 bits per heavy atom. The predicted octanol–water partition coefficient (Wildman–Crippen LogP) is 3.27. The van der Waals surface area contributed by atoms with E-state index in [9.17, 15) is 13.2 Å². The average Bonchev–Trinajstić information content (AvgIpc) is 2.24. The minimum Gasteiger partial charge on any atom is -0.330 e. The first kappa shape index (κ1) is 16.8. The van der Waals surface area contributed by atoms with Gasteiger partial charge in [0, 0.05) is 6.04 Å². The Hall–Kier alpha value is -0.290. The van der Waals surface area contributed by atoms with Crippen molar-refractivity contribution in [2.24, 2.45) is 23.0 Å². The van der Waals surface area contributed by atoms with Gasteiger partial charge in [0.1, 0.15) is 0 Å². The van der Waals surface area contributed by atoms with Gasteiger partial charge in [-0.2, -0.15) is 13.2 Å². The molecular weight excluding hydrogens is 253 g/mol. The van der Waals surface area contributed by atoms with E-state index in [1.54, 1.807) is 7.05 Å². The fourth-order valence-electron chi connectivity index (χ4n) is 3.21. The van der Waals surface area contributed by atoms with Crippen LogP contribution in [-0.4, -0.2) is 37.3 Å². The molecule has 3 unspecified atom stereocenters. The van der Waals surface area contributed by atoms with Gasteiger partial charge in [0.2, 0.25) is 0 Å². The number of rotatable bonds is 3. The second kappa shape index (κ2) is 6.00. The predicted molar refractivity (Wildman–Crippen MR) is 71.8 cm³/mol. The highest BCUT2D eigenvalue weighted by molar-refractivity contribution is 4.90. The Morgan fingerprint density at radius 3 is 2.16 bits per heavy atom. The second-order valence-corrected chi connectivity index (χ2v) is 6.97. The van der Waals surface area contributed by atoms with E-state index >= 15 is 0 Å². The van der Waals surface area contributed by atoms with E-state index in [4.69, 9.17) is 5.73 Å². The molecule has 114 valence electrons. The van der Waals surface area contributed by atoms with Crippen LogP contribution in [0.4, 0.5) is 13.2 Å². The largest absolute Gasteiger partial charge is 0.401 e. The maximum absolute atomic E-state index is 12.6. The van der Waals surface area contributed by atoms with Gasteiger partial charge in [-0.25, -0.2) is 0 Å². The van der Waals surface area contributed by atoms with Crippen molar-refractivity contribution < 1.29 is 13.2 Å². The van der Waals surface area contributed by atoms with E-state index in [0.717, 1.165) is 19.3 Å². The highest BCUT2D eigenvalue weighted by Gasteiger charge is 2.40. The van der Waals surface area contributed by atoms with Crippen molar-refractivity contribution in [3.63, 3.8) is 0 Å². The number of halogens is 3. The van der Waals surface area contributed by atoms with Crippen molar-refractivity contribution in [1.29, 1.82) is 0 Å².